The summed E-state index contributed by atoms with van der Waals surface area (Å²) in [6.45, 7) is 0.586. The lowest BCUT2D eigenvalue weighted by Gasteiger charge is -2.39. The highest BCUT2D eigenvalue weighted by Crippen LogP contribution is 2.54. The second-order valence-corrected chi connectivity index (χ2v) is 10.3. The van der Waals surface area contributed by atoms with Crippen LogP contribution in [-0.2, 0) is 14.9 Å². The number of carboxylic acid groups (broad SMARTS) is 1. The molecule has 5 nitrogen and oxygen atoms in total. The summed E-state index contributed by atoms with van der Waals surface area (Å²) in [5, 5.41) is 12.1. The van der Waals surface area contributed by atoms with Crippen molar-refractivity contribution in [1.82, 2.24) is 5.32 Å². The number of carbonyl (C=O) groups is 2. The van der Waals surface area contributed by atoms with E-state index in [9.17, 15) is 14.0 Å². The fraction of sp³-hybridized carbons (Fsp3) is 0.312. The van der Waals surface area contributed by atoms with E-state index in [1.54, 1.807) is 0 Å². The first kappa shape index (κ1) is 25.9. The molecule has 2 bridgehead atoms. The molecule has 0 unspecified atom stereocenters. The number of allylic oxidation sites excluding steroid dienone is 2. The van der Waals surface area contributed by atoms with Crippen LogP contribution in [0, 0.1) is 11.7 Å². The van der Waals surface area contributed by atoms with Gasteiger partial charge in [-0.3, -0.25) is 9.59 Å². The van der Waals surface area contributed by atoms with Gasteiger partial charge in [0.25, 0.3) is 5.91 Å². The lowest BCUT2D eigenvalue weighted by molar-refractivity contribution is -0.137. The largest absolute Gasteiger partial charge is 0.481 e. The highest BCUT2D eigenvalue weighted by molar-refractivity contribution is 5.94. The van der Waals surface area contributed by atoms with Crippen molar-refractivity contribution >= 4 is 11.9 Å². The second-order valence-electron chi connectivity index (χ2n) is 10.3. The molecule has 1 aliphatic heterocycles. The minimum absolute atomic E-state index is 0.101. The molecule has 2 fully saturated rings. The number of carbonyl (C=O) groups excluding carboxylic acids is 1. The topological polar surface area (TPSA) is 75.6 Å². The summed E-state index contributed by atoms with van der Waals surface area (Å²) in [6.07, 6.45) is 7.04. The summed E-state index contributed by atoms with van der Waals surface area (Å²) >= 11 is 0. The smallest absolute Gasteiger partial charge is 0.303 e. The number of benzene rings is 3. The van der Waals surface area contributed by atoms with E-state index >= 15 is 0 Å². The van der Waals surface area contributed by atoms with Gasteiger partial charge in [-0.2, -0.15) is 0 Å². The fourth-order valence-corrected chi connectivity index (χ4v) is 6.00. The van der Waals surface area contributed by atoms with Gasteiger partial charge in [-0.1, -0.05) is 66.7 Å². The summed E-state index contributed by atoms with van der Waals surface area (Å²) in [7, 11) is 0. The zero-order chi connectivity index (χ0) is 26.5. The molecule has 4 atom stereocenters. The number of ether oxygens (including phenoxy) is 1. The van der Waals surface area contributed by atoms with Crippen molar-refractivity contribution in [1.29, 1.82) is 0 Å². The van der Waals surface area contributed by atoms with Crippen LogP contribution >= 0.6 is 0 Å². The molecular formula is C32H32FNO4. The van der Waals surface area contributed by atoms with Crippen LogP contribution in [0.3, 0.4) is 0 Å². The van der Waals surface area contributed by atoms with Crippen LogP contribution in [0.2, 0.25) is 0 Å². The van der Waals surface area contributed by atoms with Crippen molar-refractivity contribution in [2.45, 2.75) is 49.7 Å². The Morgan fingerprint density at radius 3 is 2.39 bits per heavy atom. The molecule has 196 valence electrons. The third kappa shape index (κ3) is 5.41. The number of aliphatic carboxylic acids is 1. The fourth-order valence-electron chi connectivity index (χ4n) is 6.00. The highest BCUT2D eigenvalue weighted by Gasteiger charge is 2.59. The van der Waals surface area contributed by atoms with E-state index in [4.69, 9.17) is 9.84 Å². The van der Waals surface area contributed by atoms with Crippen LogP contribution < -0.4 is 5.32 Å². The number of rotatable bonds is 10. The van der Waals surface area contributed by atoms with Gasteiger partial charge < -0.3 is 15.2 Å². The van der Waals surface area contributed by atoms with Gasteiger partial charge in [-0.25, -0.2) is 4.39 Å². The Kier molecular flexibility index (Phi) is 7.70. The molecule has 1 aliphatic carbocycles. The van der Waals surface area contributed by atoms with Crippen molar-refractivity contribution in [3.8, 4) is 11.1 Å². The molecular weight excluding hydrogens is 481 g/mol. The molecule has 6 heteroatoms. The molecule has 1 saturated carbocycles. The Hall–Kier alpha value is -3.77. The molecule has 0 spiro atoms. The molecule has 2 aliphatic rings. The Morgan fingerprint density at radius 1 is 0.974 bits per heavy atom. The third-order valence-corrected chi connectivity index (χ3v) is 7.95. The molecule has 1 amide bonds. The zero-order valence-electron chi connectivity index (χ0n) is 21.2. The number of fused-ring (bicyclic) bond motifs is 2. The van der Waals surface area contributed by atoms with E-state index in [-0.39, 0.29) is 41.6 Å². The van der Waals surface area contributed by atoms with E-state index in [1.807, 2.05) is 24.3 Å². The van der Waals surface area contributed by atoms with Gasteiger partial charge in [0.1, 0.15) is 5.82 Å². The lowest BCUT2D eigenvalue weighted by Crippen LogP contribution is -2.51. The van der Waals surface area contributed by atoms with Crippen LogP contribution in [-0.4, -0.2) is 35.7 Å². The number of amides is 1. The van der Waals surface area contributed by atoms with Crippen LogP contribution in [0.4, 0.5) is 4.39 Å². The quantitative estimate of drug-likeness (QED) is 0.252. The van der Waals surface area contributed by atoms with E-state index in [2.05, 4.69) is 47.8 Å². The Labute approximate surface area is 222 Å². The van der Waals surface area contributed by atoms with Crippen molar-refractivity contribution in [3.05, 3.63) is 108 Å². The Bertz CT molecular complexity index is 1290. The monoisotopic (exact) mass is 513 g/mol. The number of halogens is 1. The van der Waals surface area contributed by atoms with Gasteiger partial charge in [-0.05, 0) is 72.6 Å². The maximum Gasteiger partial charge on any atom is 0.303 e. The lowest BCUT2D eigenvalue weighted by atomic mass is 9.70. The van der Waals surface area contributed by atoms with Crippen LogP contribution in [0.25, 0.3) is 11.1 Å². The minimum atomic E-state index is -0.787. The number of nitrogens with one attached hydrogen (secondary N) is 1. The maximum atomic E-state index is 13.4. The molecule has 1 heterocycles. The van der Waals surface area contributed by atoms with E-state index in [0.29, 0.717) is 25.0 Å². The average molecular weight is 514 g/mol. The van der Waals surface area contributed by atoms with Crippen molar-refractivity contribution in [3.63, 3.8) is 0 Å². The first-order chi connectivity index (χ1) is 18.5. The SMILES string of the molecule is O=C(O)CCC/C=C\C[C@H]1[C@H](NC(=O)c2ccc(F)cc2)[C@@H]2C[C@@]1(c1ccc(-c3ccccc3)cc1)CO2. The Balaban J connectivity index is 1.39. The Morgan fingerprint density at radius 2 is 1.68 bits per heavy atom. The maximum absolute atomic E-state index is 13.4. The predicted molar refractivity (Wildman–Crippen MR) is 144 cm³/mol. The van der Waals surface area contributed by atoms with Crippen molar-refractivity contribution in [2.24, 2.45) is 5.92 Å². The average Bonchev–Trinajstić information content (AvgIpc) is 3.50. The second kappa shape index (κ2) is 11.3. The zero-order valence-corrected chi connectivity index (χ0v) is 21.2. The van der Waals surface area contributed by atoms with E-state index < -0.39 is 5.97 Å². The van der Waals surface area contributed by atoms with Crippen molar-refractivity contribution in [2.75, 3.05) is 6.61 Å². The number of carboxylic acids is 1. The molecule has 5 rings (SSSR count). The first-order valence-electron chi connectivity index (χ1n) is 13.2. The van der Waals surface area contributed by atoms with Gasteiger partial charge in [0.05, 0.1) is 18.8 Å². The molecule has 0 radical (unpaired) electrons. The minimum Gasteiger partial charge on any atom is -0.481 e. The van der Waals surface area contributed by atoms with Gasteiger partial charge >= 0.3 is 5.97 Å². The molecule has 2 N–H and O–H groups in total. The molecule has 38 heavy (non-hydrogen) atoms. The number of unbranched alkanes of at least 4 members (excludes halogenated alkanes) is 1. The van der Waals surface area contributed by atoms with Gasteiger partial charge in [0.15, 0.2) is 0 Å². The molecule has 0 aromatic heterocycles. The molecule has 3 aromatic carbocycles. The van der Waals surface area contributed by atoms with Crippen LogP contribution in [0.5, 0.6) is 0 Å². The molecule has 3 aromatic rings. The normalized spacial score (nSPS) is 24.1. The summed E-state index contributed by atoms with van der Waals surface area (Å²) in [6, 6.07) is 24.3. The van der Waals surface area contributed by atoms with Gasteiger partial charge in [0, 0.05) is 17.4 Å². The van der Waals surface area contributed by atoms with Crippen molar-refractivity contribution < 1.29 is 23.8 Å². The molecule has 1 saturated heterocycles. The third-order valence-electron chi connectivity index (χ3n) is 7.95. The van der Waals surface area contributed by atoms with E-state index in [1.165, 1.54) is 29.8 Å². The number of hydrogen-bond acceptors (Lipinski definition) is 3. The summed E-state index contributed by atoms with van der Waals surface area (Å²) in [4.78, 5) is 23.9. The van der Waals surface area contributed by atoms with Gasteiger partial charge in [0.2, 0.25) is 0 Å². The predicted octanol–water partition coefficient (Wildman–Crippen LogP) is 6.15. The van der Waals surface area contributed by atoms with E-state index in [0.717, 1.165) is 24.0 Å². The standard InChI is InChI=1S/C32H32FNO4/c33-26-18-14-24(15-19-26)31(37)34-30-27(10-6-1-2-7-11-29(35)36)32(20-28(30)38-21-32)25-16-12-23(13-17-25)22-8-4-3-5-9-22/h1,3-6,8-9,12-19,27-28,30H,2,7,10-11,20-21H2,(H,34,37)(H,35,36)/b6-1-/t27-,28-,30-,32-/m0/s1. The number of hydrogen-bond donors (Lipinski definition) is 2. The summed E-state index contributed by atoms with van der Waals surface area (Å²) in [5.41, 5.74) is 3.68. The van der Waals surface area contributed by atoms with Gasteiger partial charge in [-0.15, -0.1) is 0 Å². The summed E-state index contributed by atoms with van der Waals surface area (Å²) in [5.74, 6) is -1.31. The van der Waals surface area contributed by atoms with Crippen LogP contribution in [0.15, 0.2) is 91.0 Å². The first-order valence-corrected chi connectivity index (χ1v) is 13.2. The summed E-state index contributed by atoms with van der Waals surface area (Å²) < 4.78 is 19.6. The highest BCUT2D eigenvalue weighted by atomic mass is 19.1. The van der Waals surface area contributed by atoms with Crippen LogP contribution in [0.1, 0.15) is 48.0 Å².